The van der Waals surface area contributed by atoms with Crippen LogP contribution in [0.15, 0.2) is 71.9 Å². The molecule has 0 unspecified atom stereocenters. The summed E-state index contributed by atoms with van der Waals surface area (Å²) >= 11 is 0. The van der Waals surface area contributed by atoms with Gasteiger partial charge in [-0.2, -0.15) is 0 Å². The third kappa shape index (κ3) is 5.06. The van der Waals surface area contributed by atoms with E-state index in [2.05, 4.69) is 15.0 Å². The normalized spacial score (nSPS) is 10.9. The van der Waals surface area contributed by atoms with Crippen molar-refractivity contribution in [2.75, 3.05) is 18.9 Å². The molecular formula is C21H21N3O5S. The van der Waals surface area contributed by atoms with Crippen molar-refractivity contribution in [3.63, 3.8) is 0 Å². The van der Waals surface area contributed by atoms with E-state index in [0.717, 1.165) is 5.56 Å². The Morgan fingerprint density at radius 2 is 1.67 bits per heavy atom. The van der Waals surface area contributed by atoms with Crippen molar-refractivity contribution >= 4 is 21.6 Å². The van der Waals surface area contributed by atoms with Crippen LogP contribution in [-0.2, 0) is 16.6 Å². The monoisotopic (exact) mass is 427 g/mol. The quantitative estimate of drug-likeness (QED) is 0.573. The summed E-state index contributed by atoms with van der Waals surface area (Å²) in [4.78, 5) is 16.5. The van der Waals surface area contributed by atoms with Gasteiger partial charge in [0, 0.05) is 12.6 Å². The lowest BCUT2D eigenvalue weighted by molar-refractivity contribution is 0.0947. The van der Waals surface area contributed by atoms with Crippen LogP contribution >= 0.6 is 0 Å². The molecular weight excluding hydrogens is 406 g/mol. The number of carbonyl (C=O) groups is 1. The molecule has 0 fully saturated rings. The van der Waals surface area contributed by atoms with Crippen molar-refractivity contribution in [1.82, 2.24) is 10.3 Å². The highest BCUT2D eigenvalue weighted by atomic mass is 32.2. The molecule has 1 amide bonds. The zero-order valence-corrected chi connectivity index (χ0v) is 17.3. The summed E-state index contributed by atoms with van der Waals surface area (Å²) in [6.07, 6.45) is 2.81. The molecule has 1 aromatic heterocycles. The molecule has 0 aliphatic carbocycles. The topological polar surface area (TPSA) is 107 Å². The molecule has 2 aromatic carbocycles. The summed E-state index contributed by atoms with van der Waals surface area (Å²) in [6, 6.07) is 14.7. The molecule has 0 atom stereocenters. The van der Waals surface area contributed by atoms with Crippen molar-refractivity contribution in [1.29, 1.82) is 0 Å². The number of nitrogens with one attached hydrogen (secondary N) is 2. The lowest BCUT2D eigenvalue weighted by Gasteiger charge is -2.13. The first-order chi connectivity index (χ1) is 14.4. The van der Waals surface area contributed by atoms with E-state index in [1.807, 2.05) is 12.1 Å². The van der Waals surface area contributed by atoms with E-state index >= 15 is 0 Å². The standard InChI is InChI=1S/C21H21N3O5S/c1-28-17-9-7-15(8-10-17)12-23-21(25)19-5-3-4-6-20(19)30(26,27)24-16-11-18(29-2)14-22-13-16/h3-11,13-14,24H,12H2,1-2H3,(H,23,25). The van der Waals surface area contributed by atoms with Gasteiger partial charge in [0.05, 0.1) is 37.9 Å². The van der Waals surface area contributed by atoms with E-state index in [0.29, 0.717) is 11.5 Å². The molecule has 2 N–H and O–H groups in total. The van der Waals surface area contributed by atoms with E-state index < -0.39 is 15.9 Å². The number of aromatic nitrogens is 1. The number of anilines is 1. The van der Waals surface area contributed by atoms with Crippen molar-refractivity contribution in [3.05, 3.63) is 78.1 Å². The number of nitrogens with zero attached hydrogens (tertiary/aromatic N) is 1. The van der Waals surface area contributed by atoms with Gasteiger partial charge in [-0.3, -0.25) is 14.5 Å². The molecule has 0 aliphatic rings. The Hall–Kier alpha value is -3.59. The van der Waals surface area contributed by atoms with Gasteiger partial charge in [0.1, 0.15) is 16.4 Å². The average molecular weight is 427 g/mol. The minimum Gasteiger partial charge on any atom is -0.497 e. The van der Waals surface area contributed by atoms with Crippen LogP contribution in [0.1, 0.15) is 15.9 Å². The van der Waals surface area contributed by atoms with Gasteiger partial charge in [-0.05, 0) is 29.8 Å². The Bertz CT molecular complexity index is 1130. The molecule has 1 heterocycles. The van der Waals surface area contributed by atoms with Gasteiger partial charge in [0.25, 0.3) is 15.9 Å². The first kappa shape index (κ1) is 21.1. The summed E-state index contributed by atoms with van der Waals surface area (Å²) in [7, 11) is -1.000. The third-order valence-electron chi connectivity index (χ3n) is 4.23. The summed E-state index contributed by atoms with van der Waals surface area (Å²) in [5.74, 6) is 0.607. The molecule has 3 rings (SSSR count). The van der Waals surface area contributed by atoms with E-state index in [-0.39, 0.29) is 22.7 Å². The zero-order valence-electron chi connectivity index (χ0n) is 16.5. The second kappa shape index (κ2) is 9.27. The fourth-order valence-electron chi connectivity index (χ4n) is 2.71. The molecule has 0 radical (unpaired) electrons. The van der Waals surface area contributed by atoms with Crippen molar-refractivity contribution < 1.29 is 22.7 Å². The number of carbonyl (C=O) groups excluding carboxylic acids is 1. The fraction of sp³-hybridized carbons (Fsp3) is 0.143. The van der Waals surface area contributed by atoms with Crippen molar-refractivity contribution in [3.8, 4) is 11.5 Å². The molecule has 0 aliphatic heterocycles. The number of hydrogen-bond acceptors (Lipinski definition) is 6. The number of amides is 1. The molecule has 8 nitrogen and oxygen atoms in total. The highest BCUT2D eigenvalue weighted by Crippen LogP contribution is 2.22. The Balaban J connectivity index is 1.78. The lowest BCUT2D eigenvalue weighted by atomic mass is 10.2. The smallest absolute Gasteiger partial charge is 0.262 e. The van der Waals surface area contributed by atoms with Crippen molar-refractivity contribution in [2.45, 2.75) is 11.4 Å². The molecule has 3 aromatic rings. The van der Waals surface area contributed by atoms with Crippen LogP contribution in [0.5, 0.6) is 11.5 Å². The predicted molar refractivity (Wildman–Crippen MR) is 112 cm³/mol. The number of benzene rings is 2. The van der Waals surface area contributed by atoms with Gasteiger partial charge in [-0.15, -0.1) is 0 Å². The van der Waals surface area contributed by atoms with Gasteiger partial charge in [0.2, 0.25) is 0 Å². The predicted octanol–water partition coefficient (Wildman–Crippen LogP) is 2.83. The highest BCUT2D eigenvalue weighted by Gasteiger charge is 2.22. The second-order valence-corrected chi connectivity index (χ2v) is 7.90. The summed E-state index contributed by atoms with van der Waals surface area (Å²) < 4.78 is 38.4. The number of sulfonamides is 1. The largest absolute Gasteiger partial charge is 0.497 e. The van der Waals surface area contributed by atoms with Crippen LogP contribution in [0, 0.1) is 0 Å². The number of pyridine rings is 1. The SMILES string of the molecule is COc1ccc(CNC(=O)c2ccccc2S(=O)(=O)Nc2cncc(OC)c2)cc1. The van der Waals surface area contributed by atoms with Crippen molar-refractivity contribution in [2.24, 2.45) is 0 Å². The van der Waals surface area contributed by atoms with E-state index in [9.17, 15) is 13.2 Å². The molecule has 0 bridgehead atoms. The first-order valence-electron chi connectivity index (χ1n) is 8.95. The number of methoxy groups -OCH3 is 2. The lowest BCUT2D eigenvalue weighted by Crippen LogP contribution is -2.26. The van der Waals surface area contributed by atoms with Gasteiger partial charge >= 0.3 is 0 Å². The zero-order chi connectivity index (χ0) is 21.6. The first-order valence-corrected chi connectivity index (χ1v) is 10.4. The molecule has 0 saturated carbocycles. The number of hydrogen-bond donors (Lipinski definition) is 2. The van der Waals surface area contributed by atoms with Crippen LogP contribution in [-0.4, -0.2) is 33.5 Å². The van der Waals surface area contributed by atoms with Crippen LogP contribution in [0.2, 0.25) is 0 Å². The molecule has 0 spiro atoms. The summed E-state index contributed by atoms with van der Waals surface area (Å²) in [6.45, 7) is 0.241. The summed E-state index contributed by atoms with van der Waals surface area (Å²) in [5.41, 5.74) is 1.11. The fourth-order valence-corrected chi connectivity index (χ4v) is 3.95. The van der Waals surface area contributed by atoms with Gasteiger partial charge < -0.3 is 14.8 Å². The minimum atomic E-state index is -4.03. The second-order valence-electron chi connectivity index (χ2n) is 6.25. The van der Waals surface area contributed by atoms with Crippen LogP contribution in [0.4, 0.5) is 5.69 Å². The highest BCUT2D eigenvalue weighted by molar-refractivity contribution is 7.92. The van der Waals surface area contributed by atoms with Crippen LogP contribution in [0.3, 0.4) is 0 Å². The average Bonchev–Trinajstić information content (AvgIpc) is 2.77. The van der Waals surface area contributed by atoms with Gasteiger partial charge in [0.15, 0.2) is 0 Å². The molecule has 9 heteroatoms. The van der Waals surface area contributed by atoms with Gasteiger partial charge in [-0.1, -0.05) is 24.3 Å². The van der Waals surface area contributed by atoms with E-state index in [1.54, 1.807) is 31.4 Å². The Morgan fingerprint density at radius 3 is 2.37 bits per heavy atom. The molecule has 0 saturated heterocycles. The molecule has 156 valence electrons. The maximum Gasteiger partial charge on any atom is 0.262 e. The number of ether oxygens (including phenoxy) is 2. The van der Waals surface area contributed by atoms with Gasteiger partial charge in [-0.25, -0.2) is 8.42 Å². The maximum atomic E-state index is 12.9. The summed E-state index contributed by atoms with van der Waals surface area (Å²) in [5, 5.41) is 2.74. The van der Waals surface area contributed by atoms with Crippen LogP contribution in [0.25, 0.3) is 0 Å². The van der Waals surface area contributed by atoms with E-state index in [1.165, 1.54) is 37.7 Å². The van der Waals surface area contributed by atoms with Crippen LogP contribution < -0.4 is 19.5 Å². The molecule has 30 heavy (non-hydrogen) atoms. The van der Waals surface area contributed by atoms with E-state index in [4.69, 9.17) is 9.47 Å². The number of rotatable bonds is 8. The Morgan fingerprint density at radius 1 is 0.967 bits per heavy atom. The Kier molecular flexibility index (Phi) is 6.53. The third-order valence-corrected chi connectivity index (χ3v) is 5.67. The minimum absolute atomic E-state index is 0.0365. The maximum absolute atomic E-state index is 12.9. The Labute approximate surface area is 174 Å².